The Bertz CT molecular complexity index is 1300. The number of benzene rings is 1. The summed E-state index contributed by atoms with van der Waals surface area (Å²) >= 11 is 0. The quantitative estimate of drug-likeness (QED) is 0.531. The molecular formula is C26H32F2N8. The van der Waals surface area contributed by atoms with Gasteiger partial charge in [-0.25, -0.2) is 23.7 Å². The number of nitrogens with zero attached hydrogens (tertiary/aromatic N) is 6. The molecule has 1 fully saturated rings. The summed E-state index contributed by atoms with van der Waals surface area (Å²) in [5.41, 5.74) is 2.67. The topological polar surface area (TPSA) is 74.1 Å². The van der Waals surface area contributed by atoms with Gasteiger partial charge in [-0.05, 0) is 51.1 Å². The molecule has 2 N–H and O–H groups in total. The maximum atomic E-state index is 15.0. The molecule has 1 saturated heterocycles. The van der Waals surface area contributed by atoms with Crippen molar-refractivity contribution in [3.63, 3.8) is 0 Å². The van der Waals surface area contributed by atoms with Gasteiger partial charge in [-0.3, -0.25) is 0 Å². The van der Waals surface area contributed by atoms with Gasteiger partial charge >= 0.3 is 0 Å². The van der Waals surface area contributed by atoms with Gasteiger partial charge in [-0.1, -0.05) is 6.92 Å². The number of imidazole rings is 1. The van der Waals surface area contributed by atoms with E-state index in [-0.39, 0.29) is 6.04 Å². The van der Waals surface area contributed by atoms with Crippen LogP contribution < -0.4 is 15.5 Å². The molecule has 0 spiro atoms. The van der Waals surface area contributed by atoms with Crippen LogP contribution in [0.2, 0.25) is 0 Å². The Balaban J connectivity index is 1.36. The molecule has 0 amide bonds. The summed E-state index contributed by atoms with van der Waals surface area (Å²) in [4.78, 5) is 18.0. The van der Waals surface area contributed by atoms with E-state index < -0.39 is 17.8 Å². The van der Waals surface area contributed by atoms with Crippen molar-refractivity contribution >= 4 is 28.2 Å². The number of piperazine rings is 1. The number of anilines is 2. The zero-order valence-corrected chi connectivity index (χ0v) is 21.1. The summed E-state index contributed by atoms with van der Waals surface area (Å²) in [5, 5.41) is 6.13. The van der Waals surface area contributed by atoms with Crippen molar-refractivity contribution in [3.05, 3.63) is 59.8 Å². The molecule has 1 aromatic carbocycles. The lowest BCUT2D eigenvalue weighted by Gasteiger charge is -2.35. The van der Waals surface area contributed by atoms with E-state index in [9.17, 15) is 8.78 Å². The lowest BCUT2D eigenvalue weighted by atomic mass is 10.0. The highest BCUT2D eigenvalue weighted by Gasteiger charge is 2.22. The van der Waals surface area contributed by atoms with Gasteiger partial charge in [0, 0.05) is 44.0 Å². The predicted octanol–water partition coefficient (Wildman–Crippen LogP) is 4.23. The van der Waals surface area contributed by atoms with E-state index in [4.69, 9.17) is 0 Å². The SMILES string of the molecule is CCN1CCN(c2cnc(NC3C=C(c4cc(F)c5nc(C)n(C(C)C)c5c4)C(F)=CN3)nc2)CC1. The first-order chi connectivity index (χ1) is 17.3. The minimum absolute atomic E-state index is 0.0945. The van der Waals surface area contributed by atoms with Crippen LogP contribution >= 0.6 is 0 Å². The highest BCUT2D eigenvalue weighted by Crippen LogP contribution is 2.32. The van der Waals surface area contributed by atoms with Crippen LogP contribution in [-0.4, -0.2) is 63.3 Å². The van der Waals surface area contributed by atoms with E-state index in [1.54, 1.807) is 24.5 Å². The van der Waals surface area contributed by atoms with Gasteiger partial charge in [0.25, 0.3) is 0 Å². The minimum Gasteiger partial charge on any atom is -0.366 e. The number of likely N-dealkylation sites (N-methyl/N-ethyl adjacent to an activating group) is 1. The molecule has 0 bridgehead atoms. The van der Waals surface area contributed by atoms with E-state index >= 15 is 0 Å². The van der Waals surface area contributed by atoms with Crippen LogP contribution in [-0.2, 0) is 0 Å². The van der Waals surface area contributed by atoms with Gasteiger partial charge in [-0.15, -0.1) is 0 Å². The van der Waals surface area contributed by atoms with Crippen molar-refractivity contribution in [2.75, 3.05) is 42.9 Å². The zero-order valence-electron chi connectivity index (χ0n) is 21.1. The summed E-state index contributed by atoms with van der Waals surface area (Å²) in [7, 11) is 0. The molecule has 1 atom stereocenters. The minimum atomic E-state index is -0.472. The van der Waals surface area contributed by atoms with Crippen molar-refractivity contribution in [3.8, 4) is 0 Å². The molecule has 0 saturated carbocycles. The van der Waals surface area contributed by atoms with Gasteiger partial charge in [0.15, 0.2) is 5.82 Å². The first-order valence-corrected chi connectivity index (χ1v) is 12.4. The van der Waals surface area contributed by atoms with E-state index in [1.807, 2.05) is 25.3 Å². The maximum Gasteiger partial charge on any atom is 0.224 e. The molecule has 8 nitrogen and oxygen atoms in total. The second-order valence-corrected chi connectivity index (χ2v) is 9.50. The van der Waals surface area contributed by atoms with Crippen LogP contribution in [0, 0.1) is 12.7 Å². The number of dihydropyridines is 1. The number of fused-ring (bicyclic) bond motifs is 1. The first-order valence-electron chi connectivity index (χ1n) is 12.4. The fourth-order valence-electron chi connectivity index (χ4n) is 4.95. The molecule has 10 heteroatoms. The molecule has 2 aromatic heterocycles. The van der Waals surface area contributed by atoms with E-state index in [0.29, 0.717) is 28.1 Å². The van der Waals surface area contributed by atoms with Crippen LogP contribution in [0.25, 0.3) is 16.6 Å². The first kappa shape index (κ1) is 24.2. The van der Waals surface area contributed by atoms with Crippen LogP contribution in [0.15, 0.2) is 42.6 Å². The summed E-state index contributed by atoms with van der Waals surface area (Å²) < 4.78 is 31.8. The molecule has 4 heterocycles. The van der Waals surface area contributed by atoms with Gasteiger partial charge in [0.2, 0.25) is 5.95 Å². The highest BCUT2D eigenvalue weighted by molar-refractivity contribution is 5.86. The van der Waals surface area contributed by atoms with E-state index in [2.05, 4.69) is 42.3 Å². The molecule has 36 heavy (non-hydrogen) atoms. The Morgan fingerprint density at radius 3 is 2.50 bits per heavy atom. The van der Waals surface area contributed by atoms with Crippen LogP contribution in [0.1, 0.15) is 38.2 Å². The third-order valence-corrected chi connectivity index (χ3v) is 6.84. The lowest BCUT2D eigenvalue weighted by Crippen LogP contribution is -2.46. The van der Waals surface area contributed by atoms with E-state index in [1.165, 1.54) is 12.3 Å². The standard InChI is InChI=1S/C26H32F2N8/c1-5-34-6-8-35(9-7-34)19-13-30-26(31-14-19)33-24-12-20(22(28)15-29-24)18-10-21(27)25-23(11-18)36(16(2)3)17(4)32-25/h10-16,24,29H,5-9H2,1-4H3,(H,30,31,33). The summed E-state index contributed by atoms with van der Waals surface area (Å²) in [6.45, 7) is 13.1. The number of aromatic nitrogens is 4. The Labute approximate surface area is 209 Å². The molecule has 1 unspecified atom stereocenters. The molecule has 0 radical (unpaired) electrons. The van der Waals surface area contributed by atoms with Crippen LogP contribution in [0.4, 0.5) is 20.4 Å². The molecule has 190 valence electrons. The van der Waals surface area contributed by atoms with Gasteiger partial charge < -0.3 is 25.0 Å². The fraction of sp³-hybridized carbons (Fsp3) is 0.423. The molecular weight excluding hydrogens is 462 g/mol. The second-order valence-electron chi connectivity index (χ2n) is 9.50. The number of allylic oxidation sites excluding steroid dienone is 2. The smallest absolute Gasteiger partial charge is 0.224 e. The Morgan fingerprint density at radius 1 is 1.11 bits per heavy atom. The van der Waals surface area contributed by atoms with Crippen molar-refractivity contribution in [2.45, 2.75) is 39.9 Å². The Hall–Kier alpha value is -3.53. The number of nitrogens with one attached hydrogen (secondary N) is 2. The van der Waals surface area contributed by atoms with Crippen molar-refractivity contribution in [2.24, 2.45) is 0 Å². The second kappa shape index (κ2) is 9.85. The third kappa shape index (κ3) is 4.65. The van der Waals surface area contributed by atoms with Crippen LogP contribution in [0.3, 0.4) is 0 Å². The monoisotopic (exact) mass is 494 g/mol. The molecule has 2 aliphatic heterocycles. The van der Waals surface area contributed by atoms with Crippen molar-refractivity contribution in [1.82, 2.24) is 29.7 Å². The number of hydrogen-bond donors (Lipinski definition) is 2. The number of rotatable bonds is 6. The zero-order chi connectivity index (χ0) is 25.4. The van der Waals surface area contributed by atoms with Gasteiger partial charge in [0.1, 0.15) is 23.3 Å². The third-order valence-electron chi connectivity index (χ3n) is 6.84. The molecule has 2 aliphatic rings. The average molecular weight is 495 g/mol. The number of aryl methyl sites for hydroxylation is 1. The molecule has 3 aromatic rings. The average Bonchev–Trinajstić information content (AvgIpc) is 3.22. The number of hydrogen-bond acceptors (Lipinski definition) is 7. The van der Waals surface area contributed by atoms with E-state index in [0.717, 1.165) is 44.2 Å². The molecule has 0 aliphatic carbocycles. The normalized spacial score (nSPS) is 18.9. The summed E-state index contributed by atoms with van der Waals surface area (Å²) in [6.07, 6.45) is 6.11. The fourth-order valence-corrected chi connectivity index (χ4v) is 4.95. The van der Waals surface area contributed by atoms with Gasteiger partial charge in [0.05, 0.1) is 23.6 Å². The van der Waals surface area contributed by atoms with Crippen molar-refractivity contribution in [1.29, 1.82) is 0 Å². The highest BCUT2D eigenvalue weighted by atomic mass is 19.1. The Morgan fingerprint density at radius 2 is 1.83 bits per heavy atom. The van der Waals surface area contributed by atoms with Crippen LogP contribution in [0.5, 0.6) is 0 Å². The number of halogens is 2. The molecule has 5 rings (SSSR count). The Kier molecular flexibility index (Phi) is 6.61. The maximum absolute atomic E-state index is 15.0. The van der Waals surface area contributed by atoms with Crippen molar-refractivity contribution < 1.29 is 8.78 Å². The largest absolute Gasteiger partial charge is 0.366 e. The summed E-state index contributed by atoms with van der Waals surface area (Å²) in [5.74, 6) is 0.200. The van der Waals surface area contributed by atoms with Gasteiger partial charge in [-0.2, -0.15) is 0 Å². The predicted molar refractivity (Wildman–Crippen MR) is 139 cm³/mol. The summed E-state index contributed by atoms with van der Waals surface area (Å²) in [6, 6.07) is 3.23. The lowest BCUT2D eigenvalue weighted by molar-refractivity contribution is 0.271.